The van der Waals surface area contributed by atoms with Gasteiger partial charge in [0.15, 0.2) is 11.5 Å². The lowest BCUT2D eigenvalue weighted by molar-refractivity contribution is -0.135. The average Bonchev–Trinajstić information content (AvgIpc) is 2.63. The van der Waals surface area contributed by atoms with Crippen LogP contribution in [0.15, 0.2) is 42.5 Å². The SMILES string of the molecule is CC(C)(C(=O)Nc1ccc2c(c1)OCCO2)C(=O)Nc1ccccc1F. The van der Waals surface area contributed by atoms with Crippen LogP contribution in [0.3, 0.4) is 0 Å². The summed E-state index contributed by atoms with van der Waals surface area (Å²) in [5.74, 6) is -0.571. The standard InChI is InChI=1S/C19H19FN2O4/c1-19(2,18(24)22-14-6-4-3-5-13(14)20)17(23)21-12-7-8-15-16(11-12)26-10-9-25-15/h3-8,11H,9-10H2,1-2H3,(H,21,23)(H,22,24). The number of ether oxygens (including phenoxy) is 2. The van der Waals surface area contributed by atoms with Crippen molar-refractivity contribution in [3.63, 3.8) is 0 Å². The number of benzene rings is 2. The molecule has 7 heteroatoms. The minimum atomic E-state index is -1.42. The van der Waals surface area contributed by atoms with Crippen LogP contribution in [0.4, 0.5) is 15.8 Å². The number of hydrogen-bond acceptors (Lipinski definition) is 4. The molecule has 0 radical (unpaired) electrons. The van der Waals surface area contributed by atoms with E-state index in [1.54, 1.807) is 24.3 Å². The molecule has 2 amide bonds. The van der Waals surface area contributed by atoms with Crippen LogP contribution < -0.4 is 20.1 Å². The molecule has 0 aromatic heterocycles. The maximum atomic E-state index is 13.7. The van der Waals surface area contributed by atoms with Gasteiger partial charge in [0.05, 0.1) is 5.69 Å². The first-order valence-corrected chi connectivity index (χ1v) is 8.15. The normalized spacial score (nSPS) is 13.0. The summed E-state index contributed by atoms with van der Waals surface area (Å²) < 4.78 is 24.6. The zero-order valence-electron chi connectivity index (χ0n) is 14.5. The fourth-order valence-electron chi connectivity index (χ4n) is 2.35. The maximum Gasteiger partial charge on any atom is 0.239 e. The number of amides is 2. The number of anilines is 2. The summed E-state index contributed by atoms with van der Waals surface area (Å²) in [6.07, 6.45) is 0. The third-order valence-corrected chi connectivity index (χ3v) is 4.06. The Morgan fingerprint density at radius 2 is 1.62 bits per heavy atom. The molecule has 0 saturated heterocycles. The van der Waals surface area contributed by atoms with Crippen molar-refractivity contribution >= 4 is 23.2 Å². The first kappa shape index (κ1) is 17.7. The predicted molar refractivity (Wildman–Crippen MR) is 94.9 cm³/mol. The molecular formula is C19H19FN2O4. The first-order valence-electron chi connectivity index (χ1n) is 8.15. The molecule has 0 spiro atoms. The number of rotatable bonds is 4. The van der Waals surface area contributed by atoms with Gasteiger partial charge in [-0.05, 0) is 38.1 Å². The second kappa shape index (κ2) is 7.03. The van der Waals surface area contributed by atoms with Gasteiger partial charge in [-0.2, -0.15) is 0 Å². The van der Waals surface area contributed by atoms with E-state index in [4.69, 9.17) is 9.47 Å². The molecule has 6 nitrogen and oxygen atoms in total. The van der Waals surface area contributed by atoms with E-state index in [0.29, 0.717) is 30.4 Å². The van der Waals surface area contributed by atoms with Crippen molar-refractivity contribution in [1.29, 1.82) is 0 Å². The highest BCUT2D eigenvalue weighted by Gasteiger charge is 2.36. The highest BCUT2D eigenvalue weighted by atomic mass is 19.1. The zero-order valence-corrected chi connectivity index (χ0v) is 14.5. The molecule has 0 saturated carbocycles. The lowest BCUT2D eigenvalue weighted by Gasteiger charge is -2.24. The molecule has 0 bridgehead atoms. The van der Waals surface area contributed by atoms with Gasteiger partial charge in [0.1, 0.15) is 24.4 Å². The van der Waals surface area contributed by atoms with Crippen molar-refractivity contribution in [2.45, 2.75) is 13.8 Å². The second-order valence-electron chi connectivity index (χ2n) is 6.37. The highest BCUT2D eigenvalue weighted by Crippen LogP contribution is 2.33. The number of nitrogens with one attached hydrogen (secondary N) is 2. The van der Waals surface area contributed by atoms with Crippen LogP contribution in [-0.2, 0) is 9.59 Å². The van der Waals surface area contributed by atoms with Crippen LogP contribution in [0, 0.1) is 11.2 Å². The lowest BCUT2D eigenvalue weighted by atomic mass is 9.90. The minimum Gasteiger partial charge on any atom is -0.486 e. The van der Waals surface area contributed by atoms with Gasteiger partial charge in [0.25, 0.3) is 0 Å². The topological polar surface area (TPSA) is 76.7 Å². The summed E-state index contributed by atoms with van der Waals surface area (Å²) in [7, 11) is 0. The Morgan fingerprint density at radius 3 is 2.35 bits per heavy atom. The lowest BCUT2D eigenvalue weighted by Crippen LogP contribution is -2.41. The molecule has 136 valence electrons. The summed E-state index contributed by atoms with van der Waals surface area (Å²) in [4.78, 5) is 25.0. The summed E-state index contributed by atoms with van der Waals surface area (Å²) >= 11 is 0. The molecular weight excluding hydrogens is 339 g/mol. The van der Waals surface area contributed by atoms with Crippen LogP contribution in [-0.4, -0.2) is 25.0 Å². The number of halogens is 1. The Balaban J connectivity index is 1.71. The van der Waals surface area contributed by atoms with Crippen LogP contribution in [0.1, 0.15) is 13.8 Å². The number of para-hydroxylation sites is 1. The van der Waals surface area contributed by atoms with Crippen LogP contribution in [0.2, 0.25) is 0 Å². The fourth-order valence-corrected chi connectivity index (χ4v) is 2.35. The maximum absolute atomic E-state index is 13.7. The van der Waals surface area contributed by atoms with Crippen LogP contribution in [0.5, 0.6) is 11.5 Å². The molecule has 0 fully saturated rings. The zero-order chi connectivity index (χ0) is 18.7. The molecule has 26 heavy (non-hydrogen) atoms. The highest BCUT2D eigenvalue weighted by molar-refractivity contribution is 6.14. The summed E-state index contributed by atoms with van der Waals surface area (Å²) in [6.45, 7) is 3.84. The fraction of sp³-hybridized carbons (Fsp3) is 0.263. The molecule has 2 aromatic carbocycles. The largest absolute Gasteiger partial charge is 0.486 e. The first-order chi connectivity index (χ1) is 12.4. The van der Waals surface area contributed by atoms with Crippen molar-refractivity contribution in [2.24, 2.45) is 5.41 Å². The molecule has 2 N–H and O–H groups in total. The number of carbonyl (C=O) groups excluding carboxylic acids is 2. The van der Waals surface area contributed by atoms with Gasteiger partial charge in [-0.1, -0.05) is 12.1 Å². The smallest absolute Gasteiger partial charge is 0.239 e. The van der Waals surface area contributed by atoms with Gasteiger partial charge < -0.3 is 20.1 Å². The summed E-state index contributed by atoms with van der Waals surface area (Å²) in [6, 6.07) is 10.8. The Bertz CT molecular complexity index is 851. The Labute approximate surface area is 150 Å². The summed E-state index contributed by atoms with van der Waals surface area (Å²) in [5, 5.41) is 5.13. The minimum absolute atomic E-state index is 0.0257. The summed E-state index contributed by atoms with van der Waals surface area (Å²) in [5.41, 5.74) is -0.918. The van der Waals surface area contributed by atoms with Crippen molar-refractivity contribution in [3.05, 3.63) is 48.3 Å². The average molecular weight is 358 g/mol. The predicted octanol–water partition coefficient (Wildman–Crippen LogP) is 3.20. The molecule has 1 aliphatic heterocycles. The Hall–Kier alpha value is -3.09. The van der Waals surface area contributed by atoms with E-state index >= 15 is 0 Å². The van der Waals surface area contributed by atoms with E-state index in [-0.39, 0.29) is 5.69 Å². The van der Waals surface area contributed by atoms with E-state index in [9.17, 15) is 14.0 Å². The van der Waals surface area contributed by atoms with Crippen LogP contribution >= 0.6 is 0 Å². The molecule has 0 aliphatic carbocycles. The van der Waals surface area contributed by atoms with Gasteiger partial charge in [0, 0.05) is 11.8 Å². The van der Waals surface area contributed by atoms with Gasteiger partial charge in [-0.15, -0.1) is 0 Å². The molecule has 1 heterocycles. The second-order valence-corrected chi connectivity index (χ2v) is 6.37. The Kier molecular flexibility index (Phi) is 4.79. The van der Waals surface area contributed by atoms with E-state index in [2.05, 4.69) is 10.6 Å². The van der Waals surface area contributed by atoms with Crippen molar-refractivity contribution < 1.29 is 23.5 Å². The number of carbonyl (C=O) groups is 2. The number of fused-ring (bicyclic) bond motifs is 1. The van der Waals surface area contributed by atoms with Gasteiger partial charge in [-0.3, -0.25) is 9.59 Å². The van der Waals surface area contributed by atoms with Crippen molar-refractivity contribution in [3.8, 4) is 11.5 Å². The monoisotopic (exact) mass is 358 g/mol. The van der Waals surface area contributed by atoms with Gasteiger partial charge in [-0.25, -0.2) is 4.39 Å². The molecule has 1 aliphatic rings. The quantitative estimate of drug-likeness (QED) is 0.823. The molecule has 3 rings (SSSR count). The number of hydrogen-bond donors (Lipinski definition) is 2. The van der Waals surface area contributed by atoms with Crippen LogP contribution in [0.25, 0.3) is 0 Å². The van der Waals surface area contributed by atoms with Crippen molar-refractivity contribution in [1.82, 2.24) is 0 Å². The molecule has 0 unspecified atom stereocenters. The van der Waals surface area contributed by atoms with Gasteiger partial charge >= 0.3 is 0 Å². The van der Waals surface area contributed by atoms with E-state index < -0.39 is 23.0 Å². The van der Waals surface area contributed by atoms with E-state index in [1.807, 2.05) is 0 Å². The van der Waals surface area contributed by atoms with Gasteiger partial charge in [0.2, 0.25) is 11.8 Å². The van der Waals surface area contributed by atoms with Crippen molar-refractivity contribution in [2.75, 3.05) is 23.8 Å². The third kappa shape index (κ3) is 3.61. The third-order valence-electron chi connectivity index (χ3n) is 4.06. The molecule has 2 aromatic rings. The van der Waals surface area contributed by atoms with E-state index in [0.717, 1.165) is 0 Å². The molecule has 0 atom stereocenters. The van der Waals surface area contributed by atoms with E-state index in [1.165, 1.54) is 32.0 Å². The Morgan fingerprint density at radius 1 is 0.962 bits per heavy atom.